The van der Waals surface area contributed by atoms with E-state index in [9.17, 15) is 13.6 Å². The Bertz CT molecular complexity index is 1270. The third kappa shape index (κ3) is 2.27. The maximum atomic E-state index is 14.6. The number of hydrogen-bond acceptors (Lipinski definition) is 4. The van der Waals surface area contributed by atoms with Crippen LogP contribution in [0.2, 0.25) is 0 Å². The lowest BCUT2D eigenvalue weighted by Gasteiger charge is -2.20. The first-order chi connectivity index (χ1) is 13.5. The molecule has 0 spiro atoms. The van der Waals surface area contributed by atoms with Gasteiger partial charge in [-0.2, -0.15) is 0 Å². The van der Waals surface area contributed by atoms with Crippen LogP contribution in [0, 0.1) is 11.6 Å². The molecule has 6 nitrogen and oxygen atoms in total. The zero-order valence-electron chi connectivity index (χ0n) is 14.3. The second-order valence-corrected chi connectivity index (χ2v) is 6.54. The van der Waals surface area contributed by atoms with Gasteiger partial charge in [0.05, 0.1) is 6.04 Å². The molecule has 1 amide bonds. The van der Waals surface area contributed by atoms with E-state index in [-0.39, 0.29) is 11.3 Å². The van der Waals surface area contributed by atoms with E-state index >= 15 is 0 Å². The summed E-state index contributed by atoms with van der Waals surface area (Å²) in [6.45, 7) is 0. The van der Waals surface area contributed by atoms with Crippen LogP contribution in [0.3, 0.4) is 0 Å². The van der Waals surface area contributed by atoms with Crippen molar-refractivity contribution < 1.29 is 13.6 Å². The predicted molar refractivity (Wildman–Crippen MR) is 99.7 cm³/mol. The van der Waals surface area contributed by atoms with Crippen LogP contribution in [0.4, 0.5) is 14.5 Å². The van der Waals surface area contributed by atoms with Gasteiger partial charge in [-0.15, -0.1) is 10.2 Å². The monoisotopic (exact) mass is 377 g/mol. The molecule has 0 bridgehead atoms. The number of para-hydroxylation sites is 1. The molecule has 0 saturated carbocycles. The molecule has 4 N–H and O–H groups in total. The Labute approximate surface area is 157 Å². The second-order valence-electron chi connectivity index (χ2n) is 6.54. The van der Waals surface area contributed by atoms with Crippen molar-refractivity contribution in [1.29, 1.82) is 0 Å². The largest absolute Gasteiger partial charge is 0.373 e. The molecule has 28 heavy (non-hydrogen) atoms. The molecule has 2 aromatic carbocycles. The van der Waals surface area contributed by atoms with Gasteiger partial charge in [0.25, 0.3) is 5.91 Å². The normalized spacial score (nSPS) is 15.0. The SMILES string of the molecule is NC(=O)c1nnc2[nH]cc3c2c1-c1ccccc1NC3c1cc(F)ccc1F. The highest BCUT2D eigenvalue weighted by Gasteiger charge is 2.31. The van der Waals surface area contributed by atoms with Crippen molar-refractivity contribution in [1.82, 2.24) is 15.2 Å². The number of carbonyl (C=O) groups is 1. The van der Waals surface area contributed by atoms with Gasteiger partial charge in [-0.1, -0.05) is 18.2 Å². The minimum atomic E-state index is -0.721. The summed E-state index contributed by atoms with van der Waals surface area (Å²) >= 11 is 0. The summed E-state index contributed by atoms with van der Waals surface area (Å²) in [5, 5.41) is 11.9. The van der Waals surface area contributed by atoms with Crippen molar-refractivity contribution in [2.24, 2.45) is 5.73 Å². The summed E-state index contributed by atoms with van der Waals surface area (Å²) < 4.78 is 28.5. The number of aromatic nitrogens is 3. The van der Waals surface area contributed by atoms with Crippen LogP contribution in [0.25, 0.3) is 22.2 Å². The van der Waals surface area contributed by atoms with Gasteiger partial charge in [0.15, 0.2) is 11.3 Å². The van der Waals surface area contributed by atoms with Gasteiger partial charge in [0, 0.05) is 39.5 Å². The van der Waals surface area contributed by atoms with Gasteiger partial charge < -0.3 is 16.0 Å². The number of H-pyrrole nitrogens is 1. The Morgan fingerprint density at radius 3 is 2.71 bits per heavy atom. The summed E-state index contributed by atoms with van der Waals surface area (Å²) in [5.41, 5.74) is 8.57. The van der Waals surface area contributed by atoms with Crippen LogP contribution < -0.4 is 11.1 Å². The fraction of sp³-hybridized carbons (Fsp3) is 0.0500. The van der Waals surface area contributed by atoms with Crippen molar-refractivity contribution in [3.63, 3.8) is 0 Å². The third-order valence-corrected chi connectivity index (χ3v) is 4.94. The number of anilines is 1. The Hall–Kier alpha value is -3.81. The number of fused-ring (bicyclic) bond motifs is 2. The number of aromatic amines is 1. The fourth-order valence-electron chi connectivity index (χ4n) is 3.74. The average Bonchev–Trinajstić information content (AvgIpc) is 3.05. The Kier molecular flexibility index (Phi) is 3.42. The Balaban J connectivity index is 1.91. The number of nitrogens with zero attached hydrogens (tertiary/aromatic N) is 2. The van der Waals surface area contributed by atoms with E-state index < -0.39 is 23.6 Å². The van der Waals surface area contributed by atoms with Crippen LogP contribution >= 0.6 is 0 Å². The molecule has 8 heteroatoms. The molecule has 1 aliphatic rings. The smallest absolute Gasteiger partial charge is 0.269 e. The number of carbonyl (C=O) groups excluding carboxylic acids is 1. The molecule has 138 valence electrons. The van der Waals surface area contributed by atoms with Crippen LogP contribution in [-0.2, 0) is 0 Å². The first-order valence-corrected chi connectivity index (χ1v) is 8.53. The van der Waals surface area contributed by atoms with Gasteiger partial charge in [0.1, 0.15) is 11.6 Å². The van der Waals surface area contributed by atoms with E-state index in [1.54, 1.807) is 12.3 Å². The number of benzene rings is 2. The van der Waals surface area contributed by atoms with Gasteiger partial charge in [0.2, 0.25) is 0 Å². The summed E-state index contributed by atoms with van der Waals surface area (Å²) in [6, 6.07) is 9.84. The van der Waals surface area contributed by atoms with E-state index in [0.717, 1.165) is 18.2 Å². The Morgan fingerprint density at radius 2 is 1.89 bits per heavy atom. The highest BCUT2D eigenvalue weighted by Crippen LogP contribution is 2.44. The van der Waals surface area contributed by atoms with Crippen molar-refractivity contribution in [3.05, 3.63) is 77.1 Å². The van der Waals surface area contributed by atoms with Crippen LogP contribution in [0.15, 0.2) is 48.7 Å². The summed E-state index contributed by atoms with van der Waals surface area (Å²) in [5.74, 6) is -1.82. The lowest BCUT2D eigenvalue weighted by Crippen LogP contribution is -2.15. The maximum Gasteiger partial charge on any atom is 0.269 e. The molecule has 4 aromatic rings. The molecule has 0 fully saturated rings. The van der Waals surface area contributed by atoms with E-state index in [4.69, 9.17) is 5.73 Å². The molecule has 1 unspecified atom stereocenters. The lowest BCUT2D eigenvalue weighted by atomic mass is 9.95. The van der Waals surface area contributed by atoms with Crippen molar-refractivity contribution in [2.75, 3.05) is 5.32 Å². The standard InChI is InChI=1S/C20H13F2N5O/c21-9-5-6-13(22)11(7-9)17-12-8-24-20-16(12)15(18(19(23)28)26-27-20)10-3-1-2-4-14(10)25-17/h1-8,17,25H,(H2,23,28)(H,24,27). The first-order valence-electron chi connectivity index (χ1n) is 8.53. The van der Waals surface area contributed by atoms with Gasteiger partial charge in [-0.05, 0) is 24.3 Å². The molecule has 5 rings (SSSR count). The van der Waals surface area contributed by atoms with Crippen molar-refractivity contribution in [2.45, 2.75) is 6.04 Å². The highest BCUT2D eigenvalue weighted by molar-refractivity contribution is 6.10. The van der Waals surface area contributed by atoms with Gasteiger partial charge >= 0.3 is 0 Å². The van der Waals surface area contributed by atoms with Gasteiger partial charge in [-0.25, -0.2) is 8.78 Å². The first kappa shape index (κ1) is 16.4. The maximum absolute atomic E-state index is 14.6. The average molecular weight is 377 g/mol. The number of hydrogen-bond donors (Lipinski definition) is 3. The molecule has 2 aromatic heterocycles. The fourth-order valence-corrected chi connectivity index (χ4v) is 3.74. The van der Waals surface area contributed by atoms with Gasteiger partial charge in [-0.3, -0.25) is 4.79 Å². The summed E-state index contributed by atoms with van der Waals surface area (Å²) in [6.07, 6.45) is 1.65. The zero-order chi connectivity index (χ0) is 19.4. The minimum Gasteiger partial charge on any atom is -0.373 e. The molecule has 0 aliphatic carbocycles. The third-order valence-electron chi connectivity index (χ3n) is 4.94. The number of nitrogens with two attached hydrogens (primary N) is 1. The molecule has 0 saturated heterocycles. The molecule has 1 aliphatic heterocycles. The molecular weight excluding hydrogens is 364 g/mol. The summed E-state index contributed by atoms with van der Waals surface area (Å²) in [4.78, 5) is 15.0. The van der Waals surface area contributed by atoms with E-state index in [0.29, 0.717) is 33.4 Å². The molecular formula is C20H13F2N5O. The highest BCUT2D eigenvalue weighted by atomic mass is 19.1. The van der Waals surface area contributed by atoms with E-state index in [2.05, 4.69) is 20.5 Å². The zero-order valence-corrected chi connectivity index (χ0v) is 14.3. The second kappa shape index (κ2) is 5.85. The lowest BCUT2D eigenvalue weighted by molar-refractivity contribution is 0.0995. The number of primary amides is 1. The van der Waals surface area contributed by atoms with E-state index in [1.165, 1.54) is 0 Å². The quantitative estimate of drug-likeness (QED) is 0.498. The van der Waals surface area contributed by atoms with Crippen LogP contribution in [0.1, 0.15) is 27.7 Å². The Morgan fingerprint density at radius 1 is 1.07 bits per heavy atom. The number of halogens is 2. The predicted octanol–water partition coefficient (Wildman–Crippen LogP) is 3.52. The summed E-state index contributed by atoms with van der Waals surface area (Å²) in [7, 11) is 0. The van der Waals surface area contributed by atoms with Crippen molar-refractivity contribution in [3.8, 4) is 11.1 Å². The topological polar surface area (TPSA) is 96.7 Å². The van der Waals surface area contributed by atoms with Crippen molar-refractivity contribution >= 4 is 22.6 Å². The number of rotatable bonds is 2. The molecule has 3 heterocycles. The number of amides is 1. The number of nitrogens with one attached hydrogen (secondary N) is 2. The van der Waals surface area contributed by atoms with E-state index in [1.807, 2.05) is 18.2 Å². The minimum absolute atomic E-state index is 0.0166. The molecule has 1 atom stereocenters. The van der Waals surface area contributed by atoms with Crippen LogP contribution in [0.5, 0.6) is 0 Å². The van der Waals surface area contributed by atoms with Crippen LogP contribution in [-0.4, -0.2) is 21.1 Å². The molecule has 0 radical (unpaired) electrons.